The van der Waals surface area contributed by atoms with E-state index in [9.17, 15) is 19.7 Å². The molecule has 152 valence electrons. The molecule has 4 aliphatic rings. The number of amides is 2. The van der Waals surface area contributed by atoms with Gasteiger partial charge < -0.3 is 9.80 Å². The van der Waals surface area contributed by atoms with E-state index >= 15 is 0 Å². The highest BCUT2D eigenvalue weighted by Crippen LogP contribution is 2.53. The molecule has 2 saturated heterocycles. The standard InChI is InChI=1S/C21H24N4O4/c1-22-7-2-8-23(10-9-22)16-6-5-15(12-17(16)25(28)29)24-20(26)18-13-3-4-14(11-13)19(18)21(24)27/h3-6,12-14,18-19H,2,7-11H2,1H3. The zero-order chi connectivity index (χ0) is 20.3. The number of allylic oxidation sites excluding steroid dienone is 2. The molecular formula is C21H24N4O4. The van der Waals surface area contributed by atoms with E-state index in [1.54, 1.807) is 12.1 Å². The van der Waals surface area contributed by atoms with Crippen molar-refractivity contribution >= 4 is 28.9 Å². The van der Waals surface area contributed by atoms with Crippen molar-refractivity contribution in [3.8, 4) is 0 Å². The van der Waals surface area contributed by atoms with E-state index in [0.717, 1.165) is 32.5 Å². The lowest BCUT2D eigenvalue weighted by Gasteiger charge is -2.24. The van der Waals surface area contributed by atoms with Crippen molar-refractivity contribution in [1.82, 2.24) is 4.90 Å². The Bertz CT molecular complexity index is 899. The van der Waals surface area contributed by atoms with E-state index in [1.807, 2.05) is 24.1 Å². The van der Waals surface area contributed by atoms with Crippen molar-refractivity contribution in [2.45, 2.75) is 12.8 Å². The summed E-state index contributed by atoms with van der Waals surface area (Å²) in [5.41, 5.74) is 0.817. The highest BCUT2D eigenvalue weighted by Gasteiger charge is 2.59. The predicted octanol–water partition coefficient (Wildman–Crippen LogP) is 2.05. The molecule has 0 aromatic heterocycles. The molecule has 4 unspecified atom stereocenters. The maximum atomic E-state index is 13.0. The van der Waals surface area contributed by atoms with Crippen LogP contribution in [0.25, 0.3) is 0 Å². The fourth-order valence-corrected chi connectivity index (χ4v) is 5.51. The zero-order valence-corrected chi connectivity index (χ0v) is 16.4. The summed E-state index contributed by atoms with van der Waals surface area (Å²) in [5, 5.41) is 11.8. The molecule has 8 heteroatoms. The summed E-state index contributed by atoms with van der Waals surface area (Å²) in [7, 11) is 2.05. The summed E-state index contributed by atoms with van der Waals surface area (Å²) < 4.78 is 0. The van der Waals surface area contributed by atoms with Gasteiger partial charge in [0, 0.05) is 25.7 Å². The van der Waals surface area contributed by atoms with Crippen LogP contribution < -0.4 is 9.80 Å². The average molecular weight is 396 g/mol. The van der Waals surface area contributed by atoms with Crippen molar-refractivity contribution in [3.63, 3.8) is 0 Å². The minimum absolute atomic E-state index is 0.0502. The second-order valence-corrected chi connectivity index (χ2v) is 8.59. The molecule has 2 heterocycles. The van der Waals surface area contributed by atoms with Crippen LogP contribution in [0.15, 0.2) is 30.4 Å². The molecule has 1 aromatic carbocycles. The number of hydrogen-bond acceptors (Lipinski definition) is 6. The van der Waals surface area contributed by atoms with Crippen molar-refractivity contribution in [2.75, 3.05) is 43.0 Å². The second-order valence-electron chi connectivity index (χ2n) is 8.59. The van der Waals surface area contributed by atoms with E-state index in [-0.39, 0.29) is 41.2 Å². The van der Waals surface area contributed by atoms with Gasteiger partial charge in [0.2, 0.25) is 11.8 Å². The lowest BCUT2D eigenvalue weighted by molar-refractivity contribution is -0.384. The van der Waals surface area contributed by atoms with Crippen molar-refractivity contribution in [3.05, 3.63) is 40.5 Å². The highest BCUT2D eigenvalue weighted by atomic mass is 16.6. The number of carbonyl (C=O) groups excluding carboxylic acids is 2. The number of benzene rings is 1. The van der Waals surface area contributed by atoms with Crippen LogP contribution >= 0.6 is 0 Å². The largest absolute Gasteiger partial charge is 0.365 e. The molecule has 2 aliphatic heterocycles. The van der Waals surface area contributed by atoms with Gasteiger partial charge in [0.25, 0.3) is 5.69 Å². The third-order valence-electron chi connectivity index (χ3n) is 6.94. The van der Waals surface area contributed by atoms with Gasteiger partial charge in [-0.1, -0.05) is 12.2 Å². The number of hydrogen-bond donors (Lipinski definition) is 0. The van der Waals surface area contributed by atoms with E-state index in [1.165, 1.54) is 11.0 Å². The van der Waals surface area contributed by atoms with Crippen molar-refractivity contribution in [1.29, 1.82) is 0 Å². The smallest absolute Gasteiger partial charge is 0.294 e. The molecule has 3 fully saturated rings. The normalized spacial score (nSPS) is 31.5. The molecule has 1 aromatic rings. The number of imide groups is 1. The summed E-state index contributed by atoms with van der Waals surface area (Å²) in [5.74, 6) is -0.801. The lowest BCUT2D eigenvalue weighted by Crippen LogP contribution is -2.33. The van der Waals surface area contributed by atoms with Gasteiger partial charge in [0.15, 0.2) is 0 Å². The minimum atomic E-state index is -0.412. The van der Waals surface area contributed by atoms with Crippen LogP contribution in [0.5, 0.6) is 0 Å². The fraction of sp³-hybridized carbons (Fsp3) is 0.524. The maximum absolute atomic E-state index is 13.0. The molecular weight excluding hydrogens is 372 g/mol. The second kappa shape index (κ2) is 6.66. The highest BCUT2D eigenvalue weighted by molar-refractivity contribution is 6.23. The van der Waals surface area contributed by atoms with Crippen LogP contribution in [0.3, 0.4) is 0 Å². The summed E-state index contributed by atoms with van der Waals surface area (Å²) in [6, 6.07) is 4.78. The molecule has 0 N–H and O–H groups in total. The quantitative estimate of drug-likeness (QED) is 0.336. The lowest BCUT2D eigenvalue weighted by atomic mass is 9.85. The van der Waals surface area contributed by atoms with Crippen LogP contribution in [0.2, 0.25) is 0 Å². The van der Waals surface area contributed by atoms with Gasteiger partial charge in [0.1, 0.15) is 5.69 Å². The molecule has 8 nitrogen and oxygen atoms in total. The Hall–Kier alpha value is -2.74. The number of fused-ring (bicyclic) bond motifs is 5. The average Bonchev–Trinajstić information content (AvgIpc) is 3.33. The number of rotatable bonds is 3. The summed E-state index contributed by atoms with van der Waals surface area (Å²) in [4.78, 5) is 42.9. The van der Waals surface area contributed by atoms with Gasteiger partial charge in [0.05, 0.1) is 22.4 Å². The van der Waals surface area contributed by atoms with Gasteiger partial charge >= 0.3 is 0 Å². The topological polar surface area (TPSA) is 87.0 Å². The minimum Gasteiger partial charge on any atom is -0.365 e. The van der Waals surface area contributed by atoms with Gasteiger partial charge in [-0.3, -0.25) is 19.7 Å². The van der Waals surface area contributed by atoms with E-state index in [0.29, 0.717) is 17.9 Å². The SMILES string of the molecule is CN1CCCN(c2ccc(N3C(=O)C4C5C=CC(C5)C4C3=O)cc2[N+](=O)[O-])CC1. The predicted molar refractivity (Wildman–Crippen MR) is 108 cm³/mol. The molecule has 4 atom stereocenters. The number of anilines is 2. The van der Waals surface area contributed by atoms with Crippen LogP contribution in [0.4, 0.5) is 17.1 Å². The molecule has 2 amide bonds. The Balaban J connectivity index is 1.48. The Labute approximate surface area is 168 Å². The van der Waals surface area contributed by atoms with Gasteiger partial charge in [-0.25, -0.2) is 4.90 Å². The van der Waals surface area contributed by atoms with Crippen LogP contribution in [0, 0.1) is 33.8 Å². The molecule has 2 bridgehead atoms. The van der Waals surface area contributed by atoms with Gasteiger partial charge in [-0.15, -0.1) is 0 Å². The van der Waals surface area contributed by atoms with Crippen molar-refractivity contribution < 1.29 is 14.5 Å². The summed E-state index contributed by atoms with van der Waals surface area (Å²) in [6.45, 7) is 3.24. The van der Waals surface area contributed by atoms with E-state index < -0.39 is 4.92 Å². The van der Waals surface area contributed by atoms with Gasteiger partial charge in [-0.05, 0) is 50.4 Å². The third-order valence-corrected chi connectivity index (χ3v) is 6.94. The summed E-state index contributed by atoms with van der Waals surface area (Å²) in [6.07, 6.45) is 5.88. The van der Waals surface area contributed by atoms with Crippen molar-refractivity contribution in [2.24, 2.45) is 23.7 Å². The molecule has 2 aliphatic carbocycles. The molecule has 1 saturated carbocycles. The number of nitrogens with zero attached hydrogens (tertiary/aromatic N) is 4. The van der Waals surface area contributed by atoms with E-state index in [4.69, 9.17) is 0 Å². The first kappa shape index (κ1) is 18.3. The van der Waals surface area contributed by atoms with Gasteiger partial charge in [-0.2, -0.15) is 0 Å². The molecule has 0 spiro atoms. The summed E-state index contributed by atoms with van der Waals surface area (Å²) >= 11 is 0. The van der Waals surface area contributed by atoms with E-state index in [2.05, 4.69) is 4.90 Å². The third kappa shape index (κ3) is 2.77. The van der Waals surface area contributed by atoms with Crippen LogP contribution in [0.1, 0.15) is 12.8 Å². The number of nitro groups is 1. The molecule has 29 heavy (non-hydrogen) atoms. The zero-order valence-electron chi connectivity index (χ0n) is 16.4. The first-order chi connectivity index (χ1) is 14.0. The van der Waals surface area contributed by atoms with Crippen LogP contribution in [-0.2, 0) is 9.59 Å². The van der Waals surface area contributed by atoms with Crippen LogP contribution in [-0.4, -0.2) is 54.9 Å². The number of likely N-dealkylation sites (N-methyl/N-ethyl adjacent to an activating group) is 1. The maximum Gasteiger partial charge on any atom is 0.294 e. The fourth-order valence-electron chi connectivity index (χ4n) is 5.51. The number of nitro benzene ring substituents is 1. The monoisotopic (exact) mass is 396 g/mol. The first-order valence-electron chi connectivity index (χ1n) is 10.2. The first-order valence-corrected chi connectivity index (χ1v) is 10.2. The Morgan fingerprint density at radius 3 is 2.34 bits per heavy atom. The Morgan fingerprint density at radius 2 is 1.69 bits per heavy atom. The molecule has 0 radical (unpaired) electrons. The Morgan fingerprint density at radius 1 is 1.00 bits per heavy atom. The number of carbonyl (C=O) groups is 2. The Kier molecular flexibility index (Phi) is 4.20. The molecule has 5 rings (SSSR count).